The molecule has 2 heterocycles. The minimum absolute atomic E-state index is 0.0409. The summed E-state index contributed by atoms with van der Waals surface area (Å²) < 4.78 is 13.1. The molecular formula is C27H21FN6OS2. The Labute approximate surface area is 221 Å². The lowest BCUT2D eigenvalue weighted by Crippen LogP contribution is -2.12. The van der Waals surface area contributed by atoms with Gasteiger partial charge in [-0.15, -0.1) is 23.1 Å². The van der Waals surface area contributed by atoms with Crippen molar-refractivity contribution in [3.8, 4) is 34.5 Å². The largest absolute Gasteiger partial charge is 0.383 e. The van der Waals surface area contributed by atoms with Crippen LogP contribution >= 0.6 is 23.1 Å². The molecule has 0 aliphatic carbocycles. The zero-order valence-electron chi connectivity index (χ0n) is 19.8. The van der Waals surface area contributed by atoms with E-state index >= 15 is 0 Å². The Hall–Kier alpha value is -4.25. The maximum atomic E-state index is 13.1. The lowest BCUT2D eigenvalue weighted by molar-refractivity contribution is -0.115. The van der Waals surface area contributed by atoms with Crippen LogP contribution in [0.25, 0.3) is 22.4 Å². The Morgan fingerprint density at radius 2 is 1.73 bits per heavy atom. The molecule has 10 heteroatoms. The van der Waals surface area contributed by atoms with E-state index in [4.69, 9.17) is 5.73 Å². The monoisotopic (exact) mass is 528 g/mol. The molecule has 0 saturated heterocycles. The van der Waals surface area contributed by atoms with Gasteiger partial charge < -0.3 is 11.1 Å². The predicted octanol–water partition coefficient (Wildman–Crippen LogP) is 6.02. The number of amides is 1. The van der Waals surface area contributed by atoms with Crippen molar-refractivity contribution in [1.82, 2.24) is 9.97 Å². The smallest absolute Gasteiger partial charge is 0.226 e. The third kappa shape index (κ3) is 5.95. The number of aromatic nitrogens is 2. The summed E-state index contributed by atoms with van der Waals surface area (Å²) >= 11 is 2.50. The number of anilines is 2. The highest BCUT2D eigenvalue weighted by atomic mass is 32.2. The van der Waals surface area contributed by atoms with Gasteiger partial charge in [0, 0.05) is 28.7 Å². The minimum atomic E-state index is -0.329. The number of carbonyl (C=O) groups is 1. The first-order valence-corrected chi connectivity index (χ1v) is 13.2. The zero-order valence-corrected chi connectivity index (χ0v) is 21.4. The maximum Gasteiger partial charge on any atom is 0.226 e. The highest BCUT2D eigenvalue weighted by molar-refractivity contribution is 7.99. The van der Waals surface area contributed by atoms with Gasteiger partial charge >= 0.3 is 0 Å². The molecule has 0 radical (unpaired) electrons. The first kappa shape index (κ1) is 25.8. The second kappa shape index (κ2) is 11.7. The molecule has 37 heavy (non-hydrogen) atoms. The van der Waals surface area contributed by atoms with Crippen LogP contribution in [0.15, 0.2) is 58.9 Å². The standard InChI is InChI=1S/C27H21FN6OS2/c1-2-16-3-5-18(6-4-16)24-20(13-29)25(31)34-26(21(24)14-30)36-12-11-23(35)33-27-32-22(15-37-27)17-7-9-19(28)10-8-17/h3-10,15H,2,11-12H2,1H3,(H2,31,34)(H,32,33,35). The van der Waals surface area contributed by atoms with Crippen LogP contribution in [0.5, 0.6) is 0 Å². The molecule has 0 fully saturated rings. The topological polar surface area (TPSA) is 128 Å². The number of aryl methyl sites for hydroxylation is 1. The van der Waals surface area contributed by atoms with Crippen LogP contribution < -0.4 is 11.1 Å². The molecule has 0 aliphatic rings. The van der Waals surface area contributed by atoms with Gasteiger partial charge in [-0.3, -0.25) is 4.79 Å². The van der Waals surface area contributed by atoms with Crippen LogP contribution in [-0.2, 0) is 11.2 Å². The Bertz CT molecular complexity index is 1520. The minimum Gasteiger partial charge on any atom is -0.383 e. The Morgan fingerprint density at radius 1 is 1.05 bits per heavy atom. The SMILES string of the molecule is CCc1ccc(-c2c(C#N)c(N)nc(SCCC(=O)Nc3nc(-c4ccc(F)cc4)cs3)c2C#N)cc1. The lowest BCUT2D eigenvalue weighted by Gasteiger charge is -2.13. The Morgan fingerprint density at radius 3 is 2.38 bits per heavy atom. The van der Waals surface area contributed by atoms with E-state index in [9.17, 15) is 19.7 Å². The zero-order chi connectivity index (χ0) is 26.4. The Kier molecular flexibility index (Phi) is 8.14. The van der Waals surface area contributed by atoms with Crippen molar-refractivity contribution in [2.24, 2.45) is 0 Å². The summed E-state index contributed by atoms with van der Waals surface area (Å²) in [7, 11) is 0. The molecular weight excluding hydrogens is 507 g/mol. The van der Waals surface area contributed by atoms with Crippen molar-refractivity contribution in [3.05, 3.63) is 76.4 Å². The van der Waals surface area contributed by atoms with Gasteiger partial charge in [0.2, 0.25) is 5.91 Å². The van der Waals surface area contributed by atoms with Gasteiger partial charge in [0.05, 0.1) is 11.3 Å². The van der Waals surface area contributed by atoms with Crippen LogP contribution in [0.2, 0.25) is 0 Å². The van der Waals surface area contributed by atoms with Crippen molar-refractivity contribution in [2.45, 2.75) is 24.8 Å². The summed E-state index contributed by atoms with van der Waals surface area (Å²) in [6, 6.07) is 17.8. The summed E-state index contributed by atoms with van der Waals surface area (Å²) in [5.41, 5.74) is 10.2. The van der Waals surface area contributed by atoms with Crippen LogP contribution in [0.4, 0.5) is 15.3 Å². The third-order valence-electron chi connectivity index (χ3n) is 5.52. The highest BCUT2D eigenvalue weighted by Gasteiger charge is 2.21. The van der Waals surface area contributed by atoms with Crippen LogP contribution in [0.3, 0.4) is 0 Å². The number of carbonyl (C=O) groups excluding carboxylic acids is 1. The summed E-state index contributed by atoms with van der Waals surface area (Å²) in [4.78, 5) is 21.2. The molecule has 0 unspecified atom stereocenters. The van der Waals surface area contributed by atoms with Gasteiger partial charge in [-0.1, -0.05) is 31.2 Å². The molecule has 0 bridgehead atoms. The molecule has 0 aliphatic heterocycles. The van der Waals surface area contributed by atoms with E-state index in [1.54, 1.807) is 17.5 Å². The van der Waals surface area contributed by atoms with Crippen molar-refractivity contribution < 1.29 is 9.18 Å². The van der Waals surface area contributed by atoms with Crippen LogP contribution in [-0.4, -0.2) is 21.6 Å². The normalized spacial score (nSPS) is 10.5. The summed E-state index contributed by atoms with van der Waals surface area (Å²) in [6.07, 6.45) is 1.01. The first-order chi connectivity index (χ1) is 17.9. The molecule has 184 valence electrons. The molecule has 4 rings (SSSR count). The number of nitrogens with two attached hydrogens (primary N) is 1. The summed E-state index contributed by atoms with van der Waals surface area (Å²) in [5, 5.41) is 25.0. The number of halogens is 1. The molecule has 0 saturated carbocycles. The number of hydrogen-bond donors (Lipinski definition) is 2. The van der Waals surface area contributed by atoms with Crippen LogP contribution in [0, 0.1) is 28.5 Å². The number of pyridine rings is 1. The number of rotatable bonds is 8. The molecule has 2 aromatic heterocycles. The fourth-order valence-electron chi connectivity index (χ4n) is 3.60. The van der Waals surface area contributed by atoms with Crippen molar-refractivity contribution in [1.29, 1.82) is 10.5 Å². The number of nitriles is 2. The van der Waals surface area contributed by atoms with E-state index in [1.807, 2.05) is 31.2 Å². The average molecular weight is 529 g/mol. The number of thioether (sulfide) groups is 1. The molecule has 0 spiro atoms. The van der Waals surface area contributed by atoms with E-state index in [2.05, 4.69) is 27.4 Å². The summed E-state index contributed by atoms with van der Waals surface area (Å²) in [6.45, 7) is 2.05. The van der Waals surface area contributed by atoms with Crippen LogP contribution in [0.1, 0.15) is 30.0 Å². The number of benzene rings is 2. The highest BCUT2D eigenvalue weighted by Crippen LogP contribution is 2.36. The molecule has 1 amide bonds. The fourth-order valence-corrected chi connectivity index (χ4v) is 5.28. The van der Waals surface area contributed by atoms with E-state index in [1.165, 1.54) is 35.2 Å². The molecule has 0 atom stereocenters. The van der Waals surface area contributed by atoms with Gasteiger partial charge in [-0.2, -0.15) is 10.5 Å². The molecule has 2 aromatic carbocycles. The Balaban J connectivity index is 1.46. The van der Waals surface area contributed by atoms with Crippen molar-refractivity contribution in [3.63, 3.8) is 0 Å². The third-order valence-corrected chi connectivity index (χ3v) is 7.26. The predicted molar refractivity (Wildman–Crippen MR) is 144 cm³/mol. The average Bonchev–Trinajstić information content (AvgIpc) is 3.37. The van der Waals surface area contributed by atoms with Gasteiger partial charge in [-0.25, -0.2) is 14.4 Å². The van der Waals surface area contributed by atoms with E-state index in [-0.39, 0.29) is 35.1 Å². The fraction of sp³-hybridized carbons (Fsp3) is 0.148. The van der Waals surface area contributed by atoms with Crippen molar-refractivity contribution in [2.75, 3.05) is 16.8 Å². The van der Waals surface area contributed by atoms with Gasteiger partial charge in [-0.05, 0) is 41.8 Å². The number of nitrogens with zero attached hydrogens (tertiary/aromatic N) is 4. The van der Waals surface area contributed by atoms with E-state index < -0.39 is 0 Å². The van der Waals surface area contributed by atoms with Gasteiger partial charge in [0.1, 0.15) is 34.4 Å². The second-order valence-corrected chi connectivity index (χ2v) is 9.83. The quantitative estimate of drug-likeness (QED) is 0.268. The molecule has 7 nitrogen and oxygen atoms in total. The van der Waals surface area contributed by atoms with Gasteiger partial charge in [0.15, 0.2) is 5.13 Å². The number of thiazole rings is 1. The second-order valence-electron chi connectivity index (χ2n) is 7.89. The lowest BCUT2D eigenvalue weighted by atomic mass is 9.96. The van der Waals surface area contributed by atoms with E-state index in [0.717, 1.165) is 17.5 Å². The molecule has 4 aromatic rings. The van der Waals surface area contributed by atoms with Gasteiger partial charge in [0.25, 0.3) is 0 Å². The maximum absolute atomic E-state index is 13.1. The number of nitrogens with one attached hydrogen (secondary N) is 1. The van der Waals surface area contributed by atoms with Crippen molar-refractivity contribution >= 4 is 40.0 Å². The molecule has 3 N–H and O–H groups in total. The summed E-state index contributed by atoms with van der Waals surface area (Å²) in [5.74, 6) is -0.199. The number of hydrogen-bond acceptors (Lipinski definition) is 8. The number of nitrogen functional groups attached to an aromatic ring is 1. The van der Waals surface area contributed by atoms with E-state index in [0.29, 0.717) is 32.7 Å². The first-order valence-electron chi connectivity index (χ1n) is 11.3.